The van der Waals surface area contributed by atoms with Crippen LogP contribution in [0.1, 0.15) is 6.92 Å². The van der Waals surface area contributed by atoms with Gasteiger partial charge in [0, 0.05) is 0 Å². The van der Waals surface area contributed by atoms with Crippen LogP contribution in [0.2, 0.25) is 0 Å². The molecule has 0 aliphatic carbocycles. The lowest BCUT2D eigenvalue weighted by molar-refractivity contribution is -0.130. The molecule has 0 aromatic carbocycles. The predicted molar refractivity (Wildman–Crippen MR) is 57.5 cm³/mol. The summed E-state index contributed by atoms with van der Waals surface area (Å²) in [4.78, 5) is 36.6. The molecule has 0 spiro atoms. The number of allylic oxidation sites excluding steroid dienone is 2. The van der Waals surface area contributed by atoms with Crippen molar-refractivity contribution in [1.82, 2.24) is 0 Å². The lowest BCUT2D eigenvalue weighted by atomic mass is 9.80. The zero-order chi connectivity index (χ0) is 12.8. The van der Waals surface area contributed by atoms with Crippen LogP contribution in [0.5, 0.6) is 0 Å². The van der Waals surface area contributed by atoms with E-state index in [-0.39, 0.29) is 0 Å². The molecule has 1 N–H and O–H groups in total. The molecule has 0 radical (unpaired) electrons. The van der Waals surface area contributed by atoms with Gasteiger partial charge in [-0.3, -0.25) is 9.59 Å². The topological polar surface area (TPSA) is 83.8 Å². The summed E-state index contributed by atoms with van der Waals surface area (Å²) in [6, 6.07) is 0. The number of carbonyl (C=O) groups excluding carboxylic acids is 3. The van der Waals surface area contributed by atoms with Crippen molar-refractivity contribution in [1.29, 1.82) is 0 Å². The largest absolute Gasteiger partial charge is 0.394 e. The quantitative estimate of drug-likeness (QED) is 0.289. The van der Waals surface area contributed by atoms with E-state index in [0.717, 1.165) is 12.2 Å². The summed E-state index contributed by atoms with van der Waals surface area (Å²) >= 11 is 0. The number of hydrogen-bond donors (Lipinski definition) is 1. The van der Waals surface area contributed by atoms with Gasteiger partial charge in [0.05, 0.1) is 6.61 Å². The second-order valence-electron chi connectivity index (χ2n) is 3.36. The van der Waals surface area contributed by atoms with E-state index in [1.807, 2.05) is 0 Å². The molecule has 0 bridgehead atoms. The fourth-order valence-electron chi connectivity index (χ4n) is 1.28. The first-order valence-corrected chi connectivity index (χ1v) is 4.49. The Morgan fingerprint density at radius 3 is 2.12 bits per heavy atom. The van der Waals surface area contributed by atoms with E-state index in [4.69, 9.17) is 5.11 Å². The van der Waals surface area contributed by atoms with Gasteiger partial charge in [-0.1, -0.05) is 13.2 Å². The Bertz CT molecular complexity index is 348. The molecule has 86 valence electrons. The maximum atomic E-state index is 11.5. The molecule has 0 amide bonds. The Kier molecular flexibility index (Phi) is 5.22. The highest BCUT2D eigenvalue weighted by Crippen LogP contribution is 2.24. The summed E-state index contributed by atoms with van der Waals surface area (Å²) in [5.41, 5.74) is -1.53. The minimum absolute atomic E-state index is 0.625. The molecule has 16 heavy (non-hydrogen) atoms. The molecule has 0 fully saturated rings. The van der Waals surface area contributed by atoms with Crippen molar-refractivity contribution in [3.63, 3.8) is 0 Å². The maximum Gasteiger partial charge on any atom is 0.235 e. The Balaban J connectivity index is 5.54. The third-order valence-electron chi connectivity index (χ3n) is 2.21. The van der Waals surface area contributed by atoms with Crippen molar-refractivity contribution in [2.75, 3.05) is 6.61 Å². The molecule has 0 saturated carbocycles. The summed E-state index contributed by atoms with van der Waals surface area (Å²) in [6.45, 7) is 7.17. The van der Waals surface area contributed by atoms with Gasteiger partial charge in [-0.2, -0.15) is 4.99 Å². The average molecular weight is 223 g/mol. The molecule has 5 nitrogen and oxygen atoms in total. The van der Waals surface area contributed by atoms with Crippen molar-refractivity contribution in [3.8, 4) is 0 Å². The third kappa shape index (κ3) is 2.82. The van der Waals surface area contributed by atoms with Crippen LogP contribution in [0.3, 0.4) is 0 Å². The highest BCUT2D eigenvalue weighted by atomic mass is 16.3. The van der Waals surface area contributed by atoms with Gasteiger partial charge in [0.25, 0.3) is 0 Å². The number of hydrogen-bond acceptors (Lipinski definition) is 5. The van der Waals surface area contributed by atoms with E-state index >= 15 is 0 Å². The minimum atomic E-state index is -1.53. The van der Waals surface area contributed by atoms with Crippen LogP contribution >= 0.6 is 0 Å². The van der Waals surface area contributed by atoms with Crippen molar-refractivity contribution >= 4 is 17.6 Å². The van der Waals surface area contributed by atoms with E-state index in [1.54, 1.807) is 0 Å². The van der Waals surface area contributed by atoms with Crippen LogP contribution in [0.15, 0.2) is 30.3 Å². The van der Waals surface area contributed by atoms with Crippen LogP contribution in [0, 0.1) is 5.92 Å². The number of rotatable bonds is 7. The second kappa shape index (κ2) is 5.90. The van der Waals surface area contributed by atoms with Gasteiger partial charge in [0.1, 0.15) is 11.5 Å². The number of nitrogens with zero attached hydrogens (tertiary/aromatic N) is 1. The Hall–Kier alpha value is -1.84. The maximum absolute atomic E-state index is 11.5. The molecule has 0 aromatic heterocycles. The normalized spacial score (nSPS) is 13.4. The highest BCUT2D eigenvalue weighted by molar-refractivity contribution is 6.12. The fourth-order valence-corrected chi connectivity index (χ4v) is 1.28. The second-order valence-corrected chi connectivity index (χ2v) is 3.36. The van der Waals surface area contributed by atoms with Gasteiger partial charge < -0.3 is 5.11 Å². The Morgan fingerprint density at radius 1 is 1.44 bits per heavy atom. The van der Waals surface area contributed by atoms with Crippen LogP contribution in [0.4, 0.5) is 0 Å². The van der Waals surface area contributed by atoms with Crippen molar-refractivity contribution in [2.24, 2.45) is 10.9 Å². The van der Waals surface area contributed by atoms with Gasteiger partial charge in [-0.25, -0.2) is 4.79 Å². The van der Waals surface area contributed by atoms with Crippen LogP contribution in [-0.4, -0.2) is 34.9 Å². The summed E-state index contributed by atoms with van der Waals surface area (Å²) in [5, 5.41) is 9.13. The predicted octanol–water partition coefficient (Wildman–Crippen LogP) is 0.200. The van der Waals surface area contributed by atoms with Crippen molar-refractivity contribution in [3.05, 3.63) is 25.3 Å². The van der Waals surface area contributed by atoms with Crippen molar-refractivity contribution < 1.29 is 19.5 Å². The van der Waals surface area contributed by atoms with Crippen LogP contribution in [-0.2, 0) is 14.4 Å². The molecule has 1 atom stereocenters. The van der Waals surface area contributed by atoms with E-state index in [1.165, 1.54) is 13.0 Å². The van der Waals surface area contributed by atoms with Crippen LogP contribution in [0.25, 0.3) is 0 Å². The lowest BCUT2D eigenvalue weighted by Gasteiger charge is -2.27. The first kappa shape index (κ1) is 14.2. The van der Waals surface area contributed by atoms with Gasteiger partial charge >= 0.3 is 0 Å². The molecule has 0 aliphatic heterocycles. The number of aliphatic hydroxyl groups is 1. The Labute approximate surface area is 93.2 Å². The summed E-state index contributed by atoms with van der Waals surface area (Å²) in [7, 11) is 0. The van der Waals surface area contributed by atoms with Gasteiger partial charge in [0.2, 0.25) is 6.08 Å². The molecule has 0 rings (SSSR count). The van der Waals surface area contributed by atoms with Gasteiger partial charge in [-0.15, -0.1) is 0 Å². The molecule has 0 aliphatic rings. The number of ketones is 2. The zero-order valence-corrected chi connectivity index (χ0v) is 8.97. The fraction of sp³-hybridized carbons (Fsp3) is 0.364. The van der Waals surface area contributed by atoms with E-state index < -0.39 is 29.6 Å². The van der Waals surface area contributed by atoms with E-state index in [9.17, 15) is 14.4 Å². The molecule has 0 saturated heterocycles. The first-order chi connectivity index (χ1) is 7.46. The number of aliphatic imine (C=N–C) groups is 1. The summed E-state index contributed by atoms with van der Waals surface area (Å²) in [5.74, 6) is -2.55. The van der Waals surface area contributed by atoms with E-state index in [2.05, 4.69) is 18.2 Å². The molecule has 1 unspecified atom stereocenters. The SMILES string of the molecule is C=CC(=O)C(C(=O)C=C)C(C)(CO)N=C=O. The molecule has 5 heteroatoms. The average Bonchev–Trinajstić information content (AvgIpc) is 2.28. The number of aliphatic hydroxyl groups excluding tert-OH is 1. The Morgan fingerprint density at radius 2 is 1.88 bits per heavy atom. The van der Waals surface area contributed by atoms with Crippen molar-refractivity contribution in [2.45, 2.75) is 12.5 Å². The van der Waals surface area contributed by atoms with Gasteiger partial charge in [0.15, 0.2) is 11.6 Å². The minimum Gasteiger partial charge on any atom is -0.394 e. The number of isocyanates is 1. The van der Waals surface area contributed by atoms with Crippen LogP contribution < -0.4 is 0 Å². The summed E-state index contributed by atoms with van der Waals surface area (Å²) < 4.78 is 0. The monoisotopic (exact) mass is 223 g/mol. The molecule has 0 aromatic rings. The standard InChI is InChI=1S/C11H13NO4/c1-4-8(15)10(9(16)5-2)11(3,6-13)12-7-14/h4-5,10,13H,1-2,6H2,3H3. The molecular weight excluding hydrogens is 210 g/mol. The summed E-state index contributed by atoms with van der Waals surface area (Å²) in [6.07, 6.45) is 3.13. The lowest BCUT2D eigenvalue weighted by Crippen LogP contribution is -2.45. The number of carbonyl (C=O) groups is 2. The molecule has 0 heterocycles. The first-order valence-electron chi connectivity index (χ1n) is 4.49. The van der Waals surface area contributed by atoms with E-state index in [0.29, 0.717) is 0 Å². The zero-order valence-electron chi connectivity index (χ0n) is 8.97. The smallest absolute Gasteiger partial charge is 0.235 e. The molecular formula is C11H13NO4. The highest BCUT2D eigenvalue weighted by Gasteiger charge is 2.41. The van der Waals surface area contributed by atoms with Gasteiger partial charge in [-0.05, 0) is 19.1 Å². The third-order valence-corrected chi connectivity index (χ3v) is 2.21.